The average Bonchev–Trinajstić information content (AvgIpc) is 3.45. The fourth-order valence-electron chi connectivity index (χ4n) is 4.45. The Morgan fingerprint density at radius 3 is 2.52 bits per heavy atom. The second-order valence-electron chi connectivity index (χ2n) is 8.54. The molecule has 2 fully saturated rings. The molecule has 1 amide bonds. The van der Waals surface area contributed by atoms with Crippen LogP contribution in [-0.4, -0.2) is 49.7 Å². The highest BCUT2D eigenvalue weighted by Gasteiger charge is 2.34. The first-order chi connectivity index (χ1) is 14.9. The Morgan fingerprint density at radius 1 is 1.06 bits per heavy atom. The number of likely N-dealkylation sites (tertiary alicyclic amines) is 1. The number of nitrogens with one attached hydrogen (secondary N) is 1. The van der Waals surface area contributed by atoms with Gasteiger partial charge in [-0.3, -0.25) is 9.69 Å². The fraction of sp³-hybridized carbons (Fsp3) is 0.522. The van der Waals surface area contributed by atoms with Crippen molar-refractivity contribution in [3.63, 3.8) is 0 Å². The molecule has 8 heteroatoms. The lowest BCUT2D eigenvalue weighted by atomic mass is 9.98. The van der Waals surface area contributed by atoms with E-state index in [0.717, 1.165) is 36.5 Å². The van der Waals surface area contributed by atoms with Crippen LogP contribution in [-0.2, 0) is 27.9 Å². The summed E-state index contributed by atoms with van der Waals surface area (Å²) < 4.78 is 27.8. The van der Waals surface area contributed by atoms with E-state index in [1.807, 2.05) is 25.1 Å². The van der Waals surface area contributed by atoms with E-state index >= 15 is 0 Å². The number of aryl methyl sites for hydroxylation is 1. The predicted molar refractivity (Wildman–Crippen MR) is 123 cm³/mol. The van der Waals surface area contributed by atoms with Crippen LogP contribution in [0.4, 0.5) is 0 Å². The number of nitrogens with zero attached hydrogens (tertiary/aromatic N) is 2. The van der Waals surface area contributed by atoms with Gasteiger partial charge in [-0.1, -0.05) is 24.3 Å². The van der Waals surface area contributed by atoms with Gasteiger partial charge in [-0.25, -0.2) is 8.42 Å². The Balaban J connectivity index is 1.37. The molecular weight excluding hydrogens is 430 g/mol. The van der Waals surface area contributed by atoms with E-state index in [-0.39, 0.29) is 18.4 Å². The van der Waals surface area contributed by atoms with Crippen LogP contribution in [0.1, 0.15) is 41.7 Å². The molecular formula is C23H31N3O3S2. The summed E-state index contributed by atoms with van der Waals surface area (Å²) in [5.74, 6) is -0.367. The van der Waals surface area contributed by atoms with E-state index in [2.05, 4.69) is 22.3 Å². The molecule has 3 heterocycles. The summed E-state index contributed by atoms with van der Waals surface area (Å²) in [5, 5.41) is 3.07. The Hall–Kier alpha value is -1.74. The van der Waals surface area contributed by atoms with Gasteiger partial charge in [-0.05, 0) is 69.0 Å². The lowest BCUT2D eigenvalue weighted by molar-refractivity contribution is -0.126. The molecule has 2 aliphatic rings. The Bertz CT molecular complexity index is 1010. The van der Waals surface area contributed by atoms with Crippen LogP contribution in [0.25, 0.3) is 0 Å². The standard InChI is InChI=1S/C23H31N3O3S2/c1-18-10-11-22(30-18)31(28,29)26-14-6-9-21(17-26)23(27)24-15-19-7-2-3-8-20(19)16-25-12-4-5-13-25/h2-3,7-8,10-11,21H,4-6,9,12-17H2,1H3,(H,24,27)/t21-/m1/s1. The van der Waals surface area contributed by atoms with E-state index in [4.69, 9.17) is 0 Å². The molecule has 0 unspecified atom stereocenters. The van der Waals surface area contributed by atoms with Gasteiger partial charge in [0.2, 0.25) is 5.91 Å². The Morgan fingerprint density at radius 2 is 1.81 bits per heavy atom. The van der Waals surface area contributed by atoms with Crippen LogP contribution in [0.3, 0.4) is 0 Å². The van der Waals surface area contributed by atoms with Crippen molar-refractivity contribution in [3.05, 3.63) is 52.4 Å². The largest absolute Gasteiger partial charge is 0.352 e. The smallest absolute Gasteiger partial charge is 0.252 e. The molecule has 0 radical (unpaired) electrons. The third-order valence-electron chi connectivity index (χ3n) is 6.23. The topological polar surface area (TPSA) is 69.7 Å². The molecule has 31 heavy (non-hydrogen) atoms. The zero-order chi connectivity index (χ0) is 21.8. The van der Waals surface area contributed by atoms with Crippen molar-refractivity contribution in [3.8, 4) is 0 Å². The van der Waals surface area contributed by atoms with Gasteiger partial charge < -0.3 is 5.32 Å². The number of sulfonamides is 1. The number of carbonyl (C=O) groups is 1. The zero-order valence-electron chi connectivity index (χ0n) is 18.0. The molecule has 1 aromatic heterocycles. The molecule has 4 rings (SSSR count). The number of carbonyl (C=O) groups excluding carboxylic acids is 1. The van der Waals surface area contributed by atoms with Crippen molar-refractivity contribution >= 4 is 27.3 Å². The molecule has 2 aromatic rings. The summed E-state index contributed by atoms with van der Waals surface area (Å²) in [5.41, 5.74) is 2.39. The molecule has 0 bridgehead atoms. The molecule has 2 aliphatic heterocycles. The molecule has 0 spiro atoms. The summed E-state index contributed by atoms with van der Waals surface area (Å²) >= 11 is 1.29. The normalized spacial score (nSPS) is 20.7. The third-order valence-corrected chi connectivity index (χ3v) is 9.56. The third kappa shape index (κ3) is 5.37. The zero-order valence-corrected chi connectivity index (χ0v) is 19.7. The molecule has 1 atom stereocenters. The summed E-state index contributed by atoms with van der Waals surface area (Å²) in [6, 6.07) is 11.8. The molecule has 6 nitrogen and oxygen atoms in total. The van der Waals surface area contributed by atoms with Crippen LogP contribution in [0.2, 0.25) is 0 Å². The summed E-state index contributed by atoms with van der Waals surface area (Å²) in [6.45, 7) is 6.30. The van der Waals surface area contributed by atoms with E-state index in [1.54, 1.807) is 6.07 Å². The van der Waals surface area contributed by atoms with Crippen LogP contribution in [0, 0.1) is 12.8 Å². The lowest BCUT2D eigenvalue weighted by Crippen LogP contribution is -2.45. The van der Waals surface area contributed by atoms with E-state index in [9.17, 15) is 13.2 Å². The van der Waals surface area contributed by atoms with Gasteiger partial charge in [0, 0.05) is 31.1 Å². The number of piperidine rings is 1. The van der Waals surface area contributed by atoms with Crippen molar-refractivity contribution in [2.45, 2.75) is 49.9 Å². The summed E-state index contributed by atoms with van der Waals surface area (Å²) in [4.78, 5) is 16.3. The Kier molecular flexibility index (Phi) is 7.11. The van der Waals surface area contributed by atoms with Gasteiger partial charge in [0.15, 0.2) is 0 Å². The van der Waals surface area contributed by atoms with Gasteiger partial charge in [0.1, 0.15) is 4.21 Å². The summed E-state index contributed by atoms with van der Waals surface area (Å²) in [7, 11) is -3.53. The van der Waals surface area contributed by atoms with Crippen molar-refractivity contribution in [2.24, 2.45) is 5.92 Å². The van der Waals surface area contributed by atoms with Crippen LogP contribution in [0.15, 0.2) is 40.6 Å². The second-order valence-corrected chi connectivity index (χ2v) is 12.0. The van der Waals surface area contributed by atoms with Crippen molar-refractivity contribution < 1.29 is 13.2 Å². The van der Waals surface area contributed by atoms with Crippen LogP contribution in [0.5, 0.6) is 0 Å². The number of thiophene rings is 1. The first-order valence-corrected chi connectivity index (χ1v) is 13.3. The molecule has 1 N–H and O–H groups in total. The second kappa shape index (κ2) is 9.81. The van der Waals surface area contributed by atoms with Gasteiger partial charge in [0.25, 0.3) is 10.0 Å². The molecule has 0 saturated carbocycles. The minimum atomic E-state index is -3.53. The first kappa shape index (κ1) is 22.5. The molecule has 0 aliphatic carbocycles. The van der Waals surface area contributed by atoms with Gasteiger partial charge in [0.05, 0.1) is 5.92 Å². The van der Waals surface area contributed by atoms with Gasteiger partial charge in [-0.15, -0.1) is 11.3 Å². The minimum Gasteiger partial charge on any atom is -0.352 e. The number of amides is 1. The minimum absolute atomic E-state index is 0.0572. The number of hydrogen-bond acceptors (Lipinski definition) is 5. The van der Waals surface area contributed by atoms with Gasteiger partial charge in [-0.2, -0.15) is 4.31 Å². The molecule has 2 saturated heterocycles. The monoisotopic (exact) mass is 461 g/mol. The van der Waals surface area contributed by atoms with Crippen molar-refractivity contribution in [1.29, 1.82) is 0 Å². The lowest BCUT2D eigenvalue weighted by Gasteiger charge is -2.31. The average molecular weight is 462 g/mol. The number of benzene rings is 1. The Labute approximate surface area is 189 Å². The number of rotatable bonds is 7. The highest BCUT2D eigenvalue weighted by atomic mass is 32.2. The highest BCUT2D eigenvalue weighted by molar-refractivity contribution is 7.91. The van der Waals surface area contributed by atoms with Crippen LogP contribution < -0.4 is 5.32 Å². The van der Waals surface area contributed by atoms with Crippen LogP contribution >= 0.6 is 11.3 Å². The fourth-order valence-corrected chi connectivity index (χ4v) is 7.41. The SMILES string of the molecule is Cc1ccc(S(=O)(=O)N2CCC[C@@H](C(=O)NCc3ccccc3CN3CCCC3)C2)s1. The first-order valence-electron chi connectivity index (χ1n) is 11.1. The maximum absolute atomic E-state index is 13.0. The predicted octanol–water partition coefficient (Wildman–Crippen LogP) is 3.37. The van der Waals surface area contributed by atoms with E-state index < -0.39 is 10.0 Å². The van der Waals surface area contributed by atoms with Gasteiger partial charge >= 0.3 is 0 Å². The van der Waals surface area contributed by atoms with Crippen molar-refractivity contribution in [2.75, 3.05) is 26.2 Å². The maximum Gasteiger partial charge on any atom is 0.252 e. The van der Waals surface area contributed by atoms with E-state index in [1.165, 1.54) is 34.0 Å². The quantitative estimate of drug-likeness (QED) is 0.686. The molecule has 1 aromatic carbocycles. The highest BCUT2D eigenvalue weighted by Crippen LogP contribution is 2.28. The maximum atomic E-state index is 13.0. The number of hydrogen-bond donors (Lipinski definition) is 1. The van der Waals surface area contributed by atoms with E-state index in [0.29, 0.717) is 23.7 Å². The van der Waals surface area contributed by atoms with Crippen molar-refractivity contribution in [1.82, 2.24) is 14.5 Å². The molecule has 168 valence electrons. The summed E-state index contributed by atoms with van der Waals surface area (Å²) in [6.07, 6.45) is 3.93.